The number of carbonyl (C=O) groups is 3. The van der Waals surface area contributed by atoms with Gasteiger partial charge in [-0.05, 0) is 30.9 Å². The van der Waals surface area contributed by atoms with E-state index in [1.54, 1.807) is 0 Å². The van der Waals surface area contributed by atoms with Crippen molar-refractivity contribution in [3.63, 3.8) is 0 Å². The highest BCUT2D eigenvalue weighted by molar-refractivity contribution is 5.94. The monoisotopic (exact) mass is 372 g/mol. The first-order chi connectivity index (χ1) is 12.4. The Hall–Kier alpha value is -2.58. The molecule has 26 heavy (non-hydrogen) atoms. The number of benzene rings is 1. The zero-order valence-corrected chi connectivity index (χ0v) is 13.9. The van der Waals surface area contributed by atoms with Gasteiger partial charge in [-0.25, -0.2) is 13.2 Å². The number of ether oxygens (including phenoxy) is 1. The summed E-state index contributed by atoms with van der Waals surface area (Å²) in [5.74, 6) is -6.35. The molecule has 2 amide bonds. The van der Waals surface area contributed by atoms with Crippen LogP contribution >= 0.6 is 0 Å². The van der Waals surface area contributed by atoms with Crippen molar-refractivity contribution in [2.75, 3.05) is 18.5 Å². The second-order valence-corrected chi connectivity index (χ2v) is 6.06. The van der Waals surface area contributed by atoms with Gasteiger partial charge in [-0.3, -0.25) is 14.4 Å². The predicted octanol–water partition coefficient (Wildman–Crippen LogP) is 2.28. The number of nitrogens with one attached hydrogen (secondary N) is 2. The van der Waals surface area contributed by atoms with Gasteiger partial charge in [-0.15, -0.1) is 0 Å². The van der Waals surface area contributed by atoms with E-state index in [0.29, 0.717) is 12.0 Å². The Morgan fingerprint density at radius 3 is 2.42 bits per heavy atom. The maximum atomic E-state index is 13.4. The van der Waals surface area contributed by atoms with E-state index in [-0.39, 0.29) is 6.42 Å². The van der Waals surface area contributed by atoms with Gasteiger partial charge in [0.2, 0.25) is 5.91 Å². The van der Waals surface area contributed by atoms with Crippen LogP contribution < -0.4 is 10.6 Å². The van der Waals surface area contributed by atoms with Gasteiger partial charge in [0.1, 0.15) is 0 Å². The maximum Gasteiger partial charge on any atom is 0.306 e. The van der Waals surface area contributed by atoms with Crippen LogP contribution in [0.25, 0.3) is 0 Å². The number of carbonyl (C=O) groups excluding carboxylic acids is 3. The smallest absolute Gasteiger partial charge is 0.306 e. The zero-order chi connectivity index (χ0) is 19.1. The summed E-state index contributed by atoms with van der Waals surface area (Å²) in [6.07, 6.45) is 4.39. The topological polar surface area (TPSA) is 84.5 Å². The Kier molecular flexibility index (Phi) is 6.99. The molecular formula is C17H19F3N2O4. The molecule has 0 aromatic heterocycles. The number of rotatable bonds is 7. The number of hydrogen-bond donors (Lipinski definition) is 2. The third-order valence-corrected chi connectivity index (χ3v) is 4.05. The molecule has 0 atom stereocenters. The van der Waals surface area contributed by atoms with Crippen LogP contribution in [0.15, 0.2) is 12.1 Å². The summed E-state index contributed by atoms with van der Waals surface area (Å²) < 4.78 is 44.1. The molecule has 0 heterocycles. The van der Waals surface area contributed by atoms with E-state index in [1.807, 2.05) is 5.32 Å². The van der Waals surface area contributed by atoms with Crippen molar-refractivity contribution in [2.24, 2.45) is 5.92 Å². The van der Waals surface area contributed by atoms with E-state index in [4.69, 9.17) is 4.74 Å². The SMILES string of the molecule is O=C(COC(=O)CC1CCCC1)NCC(=O)Nc1ccc(F)c(F)c1F. The Morgan fingerprint density at radius 1 is 1.04 bits per heavy atom. The van der Waals surface area contributed by atoms with Gasteiger partial charge in [0.25, 0.3) is 5.91 Å². The van der Waals surface area contributed by atoms with Crippen LogP contribution in [0.2, 0.25) is 0 Å². The summed E-state index contributed by atoms with van der Waals surface area (Å²) in [5.41, 5.74) is -0.550. The lowest BCUT2D eigenvalue weighted by Crippen LogP contribution is -2.35. The van der Waals surface area contributed by atoms with Crippen LogP contribution in [0.4, 0.5) is 18.9 Å². The fraction of sp³-hybridized carbons (Fsp3) is 0.471. The average Bonchev–Trinajstić information content (AvgIpc) is 3.11. The van der Waals surface area contributed by atoms with Crippen molar-refractivity contribution in [3.05, 3.63) is 29.6 Å². The summed E-state index contributed by atoms with van der Waals surface area (Å²) >= 11 is 0. The number of halogens is 3. The minimum Gasteiger partial charge on any atom is -0.456 e. The fourth-order valence-corrected chi connectivity index (χ4v) is 2.70. The normalized spacial score (nSPS) is 14.1. The van der Waals surface area contributed by atoms with E-state index < -0.39 is 54.1 Å². The van der Waals surface area contributed by atoms with Crippen LogP contribution in [-0.2, 0) is 19.1 Å². The molecule has 0 spiro atoms. The minimum absolute atomic E-state index is 0.267. The van der Waals surface area contributed by atoms with E-state index in [1.165, 1.54) is 0 Å². The van der Waals surface area contributed by atoms with Crippen LogP contribution in [0.3, 0.4) is 0 Å². The highest BCUT2D eigenvalue weighted by Crippen LogP contribution is 2.27. The van der Waals surface area contributed by atoms with Gasteiger partial charge in [0.15, 0.2) is 24.1 Å². The first-order valence-electron chi connectivity index (χ1n) is 8.22. The number of amides is 2. The van der Waals surface area contributed by atoms with Gasteiger partial charge in [0.05, 0.1) is 12.2 Å². The molecular weight excluding hydrogens is 353 g/mol. The van der Waals surface area contributed by atoms with Crippen molar-refractivity contribution in [1.82, 2.24) is 5.32 Å². The minimum atomic E-state index is -1.71. The first-order valence-corrected chi connectivity index (χ1v) is 8.22. The number of anilines is 1. The molecule has 0 bridgehead atoms. The standard InChI is InChI=1S/C17H19F3N2O4/c18-11-5-6-12(17(20)16(11)19)22-13(23)8-21-14(24)9-26-15(25)7-10-3-1-2-4-10/h5-6,10H,1-4,7-9H2,(H,21,24)(H,22,23). The lowest BCUT2D eigenvalue weighted by atomic mass is 10.1. The van der Waals surface area contributed by atoms with E-state index in [2.05, 4.69) is 5.32 Å². The molecule has 142 valence electrons. The van der Waals surface area contributed by atoms with Crippen molar-refractivity contribution in [1.29, 1.82) is 0 Å². The molecule has 1 aromatic carbocycles. The van der Waals surface area contributed by atoms with Crippen LogP contribution in [0, 0.1) is 23.4 Å². The van der Waals surface area contributed by atoms with Gasteiger partial charge in [0, 0.05) is 6.42 Å². The third-order valence-electron chi connectivity index (χ3n) is 4.05. The van der Waals surface area contributed by atoms with Crippen molar-refractivity contribution >= 4 is 23.5 Å². The first kappa shape index (κ1) is 19.7. The maximum absolute atomic E-state index is 13.4. The Balaban J connectivity index is 1.69. The molecule has 0 unspecified atom stereocenters. The molecule has 9 heteroatoms. The molecule has 1 aliphatic rings. The van der Waals surface area contributed by atoms with Crippen molar-refractivity contribution < 1.29 is 32.3 Å². The largest absolute Gasteiger partial charge is 0.456 e. The Morgan fingerprint density at radius 2 is 1.73 bits per heavy atom. The Labute approximate surface area is 148 Å². The summed E-state index contributed by atoms with van der Waals surface area (Å²) in [6, 6.07) is 1.52. The van der Waals surface area contributed by atoms with E-state index in [0.717, 1.165) is 31.7 Å². The molecule has 1 fully saturated rings. The average molecular weight is 372 g/mol. The van der Waals surface area contributed by atoms with E-state index >= 15 is 0 Å². The molecule has 1 aliphatic carbocycles. The molecule has 2 N–H and O–H groups in total. The molecule has 1 aromatic rings. The second kappa shape index (κ2) is 9.21. The van der Waals surface area contributed by atoms with Gasteiger partial charge in [-0.1, -0.05) is 12.8 Å². The van der Waals surface area contributed by atoms with Crippen molar-refractivity contribution in [3.8, 4) is 0 Å². The molecule has 0 saturated heterocycles. The van der Waals surface area contributed by atoms with Crippen molar-refractivity contribution in [2.45, 2.75) is 32.1 Å². The number of esters is 1. The zero-order valence-electron chi connectivity index (χ0n) is 13.9. The highest BCUT2D eigenvalue weighted by Gasteiger charge is 2.20. The molecule has 0 aliphatic heterocycles. The lowest BCUT2D eigenvalue weighted by molar-refractivity contribution is -0.149. The summed E-state index contributed by atoms with van der Waals surface area (Å²) in [7, 11) is 0. The van der Waals surface area contributed by atoms with Gasteiger partial charge < -0.3 is 15.4 Å². The van der Waals surface area contributed by atoms with Crippen LogP contribution in [0.5, 0.6) is 0 Å². The predicted molar refractivity (Wildman–Crippen MR) is 85.5 cm³/mol. The van der Waals surface area contributed by atoms with Gasteiger partial charge in [-0.2, -0.15) is 0 Å². The van der Waals surface area contributed by atoms with Gasteiger partial charge >= 0.3 is 5.97 Å². The summed E-state index contributed by atoms with van der Waals surface area (Å²) in [4.78, 5) is 34.8. The number of hydrogen-bond acceptors (Lipinski definition) is 4. The quantitative estimate of drug-likeness (QED) is 0.568. The molecule has 6 nitrogen and oxygen atoms in total. The van der Waals surface area contributed by atoms with Crippen LogP contribution in [-0.4, -0.2) is 30.9 Å². The molecule has 1 saturated carbocycles. The summed E-state index contributed by atoms with van der Waals surface area (Å²) in [5, 5.41) is 4.18. The lowest BCUT2D eigenvalue weighted by Gasteiger charge is -2.10. The fourth-order valence-electron chi connectivity index (χ4n) is 2.70. The molecule has 2 rings (SSSR count). The highest BCUT2D eigenvalue weighted by atomic mass is 19.2. The third kappa shape index (κ3) is 5.75. The Bertz CT molecular complexity index is 691. The second-order valence-electron chi connectivity index (χ2n) is 6.06. The van der Waals surface area contributed by atoms with Crippen LogP contribution in [0.1, 0.15) is 32.1 Å². The summed E-state index contributed by atoms with van der Waals surface area (Å²) in [6.45, 7) is -1.07. The molecule has 0 radical (unpaired) electrons. The van der Waals surface area contributed by atoms with E-state index in [9.17, 15) is 27.6 Å².